The van der Waals surface area contributed by atoms with Gasteiger partial charge in [-0.05, 0) is 31.9 Å². The van der Waals surface area contributed by atoms with Crippen LogP contribution in [0.2, 0.25) is 0 Å². The number of nitrogens with zero attached hydrogens (tertiary/aromatic N) is 2. The number of nitrogens with one attached hydrogen (secondary N) is 1. The van der Waals surface area contributed by atoms with Gasteiger partial charge in [-0.3, -0.25) is 9.89 Å². The maximum absolute atomic E-state index is 6.15. The maximum atomic E-state index is 6.15. The molecule has 1 aromatic carbocycles. The fraction of sp³-hybridized carbons (Fsp3) is 0.667. The van der Waals surface area contributed by atoms with Crippen molar-refractivity contribution in [2.45, 2.75) is 37.5 Å². The van der Waals surface area contributed by atoms with Gasteiger partial charge in [0.2, 0.25) is 0 Å². The highest BCUT2D eigenvalue weighted by Gasteiger charge is 2.37. The van der Waals surface area contributed by atoms with Gasteiger partial charge < -0.3 is 20.5 Å². The van der Waals surface area contributed by atoms with Crippen LogP contribution in [0.25, 0.3) is 0 Å². The van der Waals surface area contributed by atoms with E-state index in [9.17, 15) is 0 Å². The average molecular weight is 502 g/mol. The van der Waals surface area contributed by atoms with Gasteiger partial charge >= 0.3 is 0 Å². The zero-order valence-electron chi connectivity index (χ0n) is 17.0. The number of hydrogen-bond acceptors (Lipinski definition) is 4. The number of ether oxygens (including phenoxy) is 2. The molecule has 2 fully saturated rings. The van der Waals surface area contributed by atoms with Crippen LogP contribution in [0.5, 0.6) is 5.75 Å². The molecule has 0 atom stereocenters. The molecule has 3 rings (SSSR count). The molecule has 0 aromatic heterocycles. The fourth-order valence-corrected chi connectivity index (χ4v) is 4.28. The van der Waals surface area contributed by atoms with Crippen LogP contribution < -0.4 is 15.8 Å². The molecule has 1 saturated carbocycles. The summed E-state index contributed by atoms with van der Waals surface area (Å²) in [5, 5.41) is 3.28. The molecule has 3 N–H and O–H groups in total. The molecular weight excluding hydrogens is 467 g/mol. The van der Waals surface area contributed by atoms with Gasteiger partial charge in [0.25, 0.3) is 0 Å². The molecule has 6 nitrogen and oxygen atoms in total. The number of benzene rings is 1. The second-order valence-corrected chi connectivity index (χ2v) is 7.62. The molecule has 7 heteroatoms. The van der Waals surface area contributed by atoms with E-state index in [1.807, 2.05) is 12.1 Å². The molecule has 1 aromatic rings. The van der Waals surface area contributed by atoms with Gasteiger partial charge in [0.05, 0.1) is 26.9 Å². The lowest BCUT2D eigenvalue weighted by atomic mass is 9.78. The van der Waals surface area contributed by atoms with Crippen LogP contribution in [0.1, 0.15) is 37.7 Å². The molecule has 0 unspecified atom stereocenters. The molecule has 1 heterocycles. The minimum Gasteiger partial charge on any atom is -0.496 e. The lowest BCUT2D eigenvalue weighted by Crippen LogP contribution is -2.39. The Morgan fingerprint density at radius 3 is 2.68 bits per heavy atom. The predicted molar refractivity (Wildman–Crippen MR) is 125 cm³/mol. The van der Waals surface area contributed by atoms with E-state index in [0.717, 1.165) is 70.9 Å². The number of rotatable bonds is 8. The normalized spacial score (nSPS) is 19.8. The van der Waals surface area contributed by atoms with Crippen molar-refractivity contribution in [2.24, 2.45) is 10.7 Å². The number of morpholine rings is 1. The highest BCUT2D eigenvalue weighted by molar-refractivity contribution is 14.0. The molecule has 1 saturated heterocycles. The van der Waals surface area contributed by atoms with Crippen molar-refractivity contribution < 1.29 is 9.47 Å². The van der Waals surface area contributed by atoms with E-state index in [-0.39, 0.29) is 29.4 Å². The van der Waals surface area contributed by atoms with Gasteiger partial charge in [-0.2, -0.15) is 0 Å². The first kappa shape index (κ1) is 23.2. The van der Waals surface area contributed by atoms with E-state index >= 15 is 0 Å². The Morgan fingerprint density at radius 2 is 1.96 bits per heavy atom. The summed E-state index contributed by atoms with van der Waals surface area (Å²) in [5.41, 5.74) is 7.47. The number of halogens is 1. The molecule has 0 spiro atoms. The summed E-state index contributed by atoms with van der Waals surface area (Å²) in [6, 6.07) is 8.35. The van der Waals surface area contributed by atoms with Crippen molar-refractivity contribution in [3.8, 4) is 5.75 Å². The van der Waals surface area contributed by atoms with Crippen LogP contribution in [0.15, 0.2) is 29.3 Å². The third-order valence-corrected chi connectivity index (χ3v) is 5.85. The van der Waals surface area contributed by atoms with Crippen molar-refractivity contribution in [2.75, 3.05) is 53.0 Å². The Hall–Kier alpha value is -1.06. The van der Waals surface area contributed by atoms with Gasteiger partial charge in [-0.1, -0.05) is 31.0 Å². The summed E-state index contributed by atoms with van der Waals surface area (Å²) in [7, 11) is 1.75. The van der Waals surface area contributed by atoms with Gasteiger partial charge in [-0.15, -0.1) is 24.0 Å². The number of aliphatic imine (C=N–C) groups is 1. The van der Waals surface area contributed by atoms with Crippen molar-refractivity contribution in [3.63, 3.8) is 0 Å². The summed E-state index contributed by atoms with van der Waals surface area (Å²) in [4.78, 5) is 7.15. The predicted octanol–water partition coefficient (Wildman–Crippen LogP) is 2.75. The van der Waals surface area contributed by atoms with E-state index < -0.39 is 0 Å². The lowest BCUT2D eigenvalue weighted by molar-refractivity contribution is 0.0376. The maximum Gasteiger partial charge on any atom is 0.188 e. The smallest absolute Gasteiger partial charge is 0.188 e. The summed E-state index contributed by atoms with van der Waals surface area (Å²) < 4.78 is 11.0. The van der Waals surface area contributed by atoms with Crippen LogP contribution >= 0.6 is 24.0 Å². The van der Waals surface area contributed by atoms with Crippen molar-refractivity contribution in [1.29, 1.82) is 0 Å². The van der Waals surface area contributed by atoms with Gasteiger partial charge in [0.1, 0.15) is 5.75 Å². The van der Waals surface area contributed by atoms with Gasteiger partial charge in [0, 0.05) is 30.6 Å². The first-order valence-electron chi connectivity index (χ1n) is 10.2. The summed E-state index contributed by atoms with van der Waals surface area (Å²) in [5.74, 6) is 1.52. The first-order valence-corrected chi connectivity index (χ1v) is 10.2. The zero-order valence-corrected chi connectivity index (χ0v) is 19.3. The SMILES string of the molecule is COc1ccccc1C1(CN=C(N)NCCCN2CCOCC2)CCCC1.I. The molecule has 1 aliphatic heterocycles. The zero-order chi connectivity index (χ0) is 19.0. The monoisotopic (exact) mass is 502 g/mol. The Balaban J connectivity index is 0.00000280. The van der Waals surface area contributed by atoms with E-state index in [0.29, 0.717) is 5.96 Å². The fourth-order valence-electron chi connectivity index (χ4n) is 4.28. The van der Waals surface area contributed by atoms with Crippen molar-refractivity contribution >= 4 is 29.9 Å². The third-order valence-electron chi connectivity index (χ3n) is 5.85. The largest absolute Gasteiger partial charge is 0.496 e. The topological polar surface area (TPSA) is 72.1 Å². The molecule has 158 valence electrons. The number of guanidine groups is 1. The first-order chi connectivity index (χ1) is 13.2. The number of hydrogen-bond donors (Lipinski definition) is 2. The number of para-hydroxylation sites is 1. The van der Waals surface area contributed by atoms with E-state index in [2.05, 4.69) is 22.3 Å². The number of nitrogens with two attached hydrogens (primary N) is 1. The Morgan fingerprint density at radius 1 is 1.25 bits per heavy atom. The molecule has 2 aliphatic rings. The molecule has 1 aliphatic carbocycles. The molecule has 28 heavy (non-hydrogen) atoms. The van der Waals surface area contributed by atoms with E-state index in [1.165, 1.54) is 18.4 Å². The Kier molecular flexibility index (Phi) is 9.81. The molecular formula is C21H35IN4O2. The van der Waals surface area contributed by atoms with Crippen LogP contribution in [-0.4, -0.2) is 63.9 Å². The second kappa shape index (κ2) is 11.8. The van der Waals surface area contributed by atoms with Crippen LogP contribution in [0, 0.1) is 0 Å². The molecule has 0 radical (unpaired) electrons. The van der Waals surface area contributed by atoms with E-state index in [4.69, 9.17) is 20.2 Å². The van der Waals surface area contributed by atoms with Gasteiger partial charge in [-0.25, -0.2) is 0 Å². The van der Waals surface area contributed by atoms with Crippen molar-refractivity contribution in [1.82, 2.24) is 10.2 Å². The van der Waals surface area contributed by atoms with Gasteiger partial charge in [0.15, 0.2) is 5.96 Å². The molecule has 0 bridgehead atoms. The van der Waals surface area contributed by atoms with Crippen LogP contribution in [0.3, 0.4) is 0 Å². The van der Waals surface area contributed by atoms with Crippen molar-refractivity contribution in [3.05, 3.63) is 29.8 Å². The van der Waals surface area contributed by atoms with Crippen LogP contribution in [-0.2, 0) is 10.2 Å². The quantitative estimate of drug-likeness (QED) is 0.248. The molecule has 0 amide bonds. The number of methoxy groups -OCH3 is 1. The third kappa shape index (κ3) is 6.22. The van der Waals surface area contributed by atoms with Crippen LogP contribution in [0.4, 0.5) is 0 Å². The summed E-state index contributed by atoms with van der Waals surface area (Å²) >= 11 is 0. The Bertz CT molecular complexity index is 614. The standard InChI is InChI=1S/C21H34N4O2.HI/c1-26-19-8-3-2-7-18(19)21(9-4-5-10-21)17-24-20(22)23-11-6-12-25-13-15-27-16-14-25;/h2-3,7-8H,4-6,9-17H2,1H3,(H3,22,23,24);1H. The summed E-state index contributed by atoms with van der Waals surface area (Å²) in [6.07, 6.45) is 5.82. The minimum atomic E-state index is 0. The second-order valence-electron chi connectivity index (χ2n) is 7.62. The highest BCUT2D eigenvalue weighted by Crippen LogP contribution is 2.44. The van der Waals surface area contributed by atoms with E-state index in [1.54, 1.807) is 7.11 Å². The Labute approximate surface area is 186 Å². The average Bonchev–Trinajstić information content (AvgIpc) is 3.20. The highest BCUT2D eigenvalue weighted by atomic mass is 127. The lowest BCUT2D eigenvalue weighted by Gasteiger charge is -2.29. The minimum absolute atomic E-state index is 0. The summed E-state index contributed by atoms with van der Waals surface area (Å²) in [6.45, 7) is 6.42.